The highest BCUT2D eigenvalue weighted by molar-refractivity contribution is 5.89. The van der Waals surface area contributed by atoms with Gasteiger partial charge in [-0.1, -0.05) is 18.2 Å². The largest absolute Gasteiger partial charge is 0.496 e. The molecule has 0 unspecified atom stereocenters. The molecular formula is C28H23N5O8. The monoisotopic (exact) mass is 557 g/mol. The zero-order chi connectivity index (χ0) is 29.1. The van der Waals surface area contributed by atoms with Crippen LogP contribution in [0.3, 0.4) is 0 Å². The number of ether oxygens (including phenoxy) is 3. The van der Waals surface area contributed by atoms with Gasteiger partial charge in [-0.2, -0.15) is 9.78 Å². The standard InChI is InChI=1S/C28H23N5O8/c1-3-39-23-12-16(11-20(33(36)37)26(23)40-15-25(29)34)14-30-32-27(31-19-8-5-4-7-17(19)28(32)35)24-13-18-21(38-2)9-6-10-22(18)41-24/h4-14H,3,15H2,1-2H3,(H2,29,34). The second kappa shape index (κ2) is 11.2. The lowest BCUT2D eigenvalue weighted by Gasteiger charge is -2.12. The van der Waals surface area contributed by atoms with Crippen LogP contribution in [0.1, 0.15) is 12.5 Å². The number of nitro benzene ring substituents is 1. The molecule has 0 radical (unpaired) electrons. The van der Waals surface area contributed by atoms with Crippen LogP contribution in [-0.2, 0) is 4.79 Å². The molecule has 5 rings (SSSR count). The van der Waals surface area contributed by atoms with Gasteiger partial charge >= 0.3 is 5.69 Å². The van der Waals surface area contributed by atoms with Crippen LogP contribution >= 0.6 is 0 Å². The van der Waals surface area contributed by atoms with Crippen LogP contribution in [-0.4, -0.2) is 47.0 Å². The summed E-state index contributed by atoms with van der Waals surface area (Å²) in [6.45, 7) is 1.25. The number of carbonyl (C=O) groups excluding carboxylic acids is 1. The Hall–Kier alpha value is -5.72. The Bertz CT molecular complexity index is 1890. The van der Waals surface area contributed by atoms with E-state index in [4.69, 9.17) is 24.4 Å². The number of nitrogens with two attached hydrogens (primary N) is 1. The molecule has 0 aliphatic carbocycles. The average Bonchev–Trinajstić information content (AvgIpc) is 3.40. The third-order valence-electron chi connectivity index (χ3n) is 5.95. The summed E-state index contributed by atoms with van der Waals surface area (Å²) in [6, 6.07) is 16.4. The van der Waals surface area contributed by atoms with Gasteiger partial charge in [0, 0.05) is 11.6 Å². The third kappa shape index (κ3) is 5.28. The van der Waals surface area contributed by atoms with Crippen molar-refractivity contribution in [3.63, 3.8) is 0 Å². The molecule has 2 aromatic heterocycles. The summed E-state index contributed by atoms with van der Waals surface area (Å²) >= 11 is 0. The van der Waals surface area contributed by atoms with Crippen molar-refractivity contribution < 1.29 is 28.3 Å². The Morgan fingerprint density at radius 2 is 1.93 bits per heavy atom. The van der Waals surface area contributed by atoms with Crippen LogP contribution in [0.15, 0.2) is 75.0 Å². The molecule has 0 atom stereocenters. The molecule has 0 aliphatic rings. The number of primary amides is 1. The number of hydrogen-bond acceptors (Lipinski definition) is 10. The van der Waals surface area contributed by atoms with Gasteiger partial charge in [0.15, 0.2) is 18.1 Å². The fraction of sp³-hybridized carbons (Fsp3) is 0.143. The van der Waals surface area contributed by atoms with Gasteiger partial charge in [-0.25, -0.2) is 4.98 Å². The van der Waals surface area contributed by atoms with Gasteiger partial charge in [-0.3, -0.25) is 19.7 Å². The van der Waals surface area contributed by atoms with Crippen LogP contribution in [0.4, 0.5) is 5.69 Å². The highest BCUT2D eigenvalue weighted by atomic mass is 16.6. The maximum atomic E-state index is 13.6. The van der Waals surface area contributed by atoms with Crippen molar-refractivity contribution in [2.75, 3.05) is 20.3 Å². The van der Waals surface area contributed by atoms with Gasteiger partial charge in [-0.15, -0.1) is 0 Å². The summed E-state index contributed by atoms with van der Waals surface area (Å²) in [5.41, 5.74) is 5.32. The van der Waals surface area contributed by atoms with Gasteiger partial charge in [0.1, 0.15) is 11.3 Å². The number of benzene rings is 3. The van der Waals surface area contributed by atoms with Crippen molar-refractivity contribution in [1.82, 2.24) is 9.66 Å². The molecule has 2 N–H and O–H groups in total. The number of aromatic nitrogens is 2. The summed E-state index contributed by atoms with van der Waals surface area (Å²) in [5.74, 6) is -0.145. The molecule has 3 aromatic carbocycles. The molecule has 0 spiro atoms. The van der Waals surface area contributed by atoms with E-state index in [1.807, 2.05) is 0 Å². The fourth-order valence-corrected chi connectivity index (χ4v) is 4.21. The summed E-state index contributed by atoms with van der Waals surface area (Å²) in [4.78, 5) is 40.6. The van der Waals surface area contributed by atoms with Crippen molar-refractivity contribution in [3.05, 3.63) is 86.7 Å². The molecule has 0 fully saturated rings. The van der Waals surface area contributed by atoms with Gasteiger partial charge in [0.25, 0.3) is 11.5 Å². The van der Waals surface area contributed by atoms with E-state index in [1.165, 1.54) is 25.5 Å². The van der Waals surface area contributed by atoms with Gasteiger partial charge < -0.3 is 24.4 Å². The van der Waals surface area contributed by atoms with E-state index < -0.39 is 28.7 Å². The minimum Gasteiger partial charge on any atom is -0.496 e. The summed E-state index contributed by atoms with van der Waals surface area (Å²) in [7, 11) is 1.54. The van der Waals surface area contributed by atoms with E-state index >= 15 is 0 Å². The average molecular weight is 558 g/mol. The fourth-order valence-electron chi connectivity index (χ4n) is 4.21. The minimum absolute atomic E-state index is 0.00186. The number of nitro groups is 1. The zero-order valence-corrected chi connectivity index (χ0v) is 21.9. The van der Waals surface area contributed by atoms with Crippen LogP contribution in [0.2, 0.25) is 0 Å². The normalized spacial score (nSPS) is 11.3. The summed E-state index contributed by atoms with van der Waals surface area (Å²) < 4.78 is 23.3. The lowest BCUT2D eigenvalue weighted by Crippen LogP contribution is -2.21. The number of fused-ring (bicyclic) bond motifs is 2. The van der Waals surface area contributed by atoms with Crippen LogP contribution in [0.5, 0.6) is 17.2 Å². The molecule has 2 heterocycles. The molecule has 5 aromatic rings. The maximum absolute atomic E-state index is 13.6. The number of amides is 1. The van der Waals surface area contributed by atoms with Crippen molar-refractivity contribution in [2.45, 2.75) is 6.92 Å². The highest BCUT2D eigenvalue weighted by Gasteiger charge is 2.23. The number of methoxy groups -OCH3 is 1. The van der Waals surface area contributed by atoms with E-state index in [0.29, 0.717) is 27.6 Å². The minimum atomic E-state index is -0.814. The number of rotatable bonds is 10. The SMILES string of the molecule is CCOc1cc(C=Nn2c(-c3cc4c(OC)cccc4o3)nc3ccccc3c2=O)cc([N+](=O)[O-])c1OCC(N)=O. The lowest BCUT2D eigenvalue weighted by molar-refractivity contribution is -0.385. The first kappa shape index (κ1) is 26.9. The molecule has 1 amide bonds. The number of furan rings is 1. The molecule has 0 saturated carbocycles. The second-order valence-corrected chi connectivity index (χ2v) is 8.61. The lowest BCUT2D eigenvalue weighted by atomic mass is 10.2. The van der Waals surface area contributed by atoms with Crippen LogP contribution in [0.25, 0.3) is 33.5 Å². The molecule has 208 valence electrons. The molecule has 0 bridgehead atoms. The first-order valence-corrected chi connectivity index (χ1v) is 12.3. The molecule has 0 aliphatic heterocycles. The molecule has 13 nitrogen and oxygen atoms in total. The Morgan fingerprint density at radius 1 is 1.12 bits per heavy atom. The zero-order valence-electron chi connectivity index (χ0n) is 21.9. The Balaban J connectivity index is 1.68. The van der Waals surface area contributed by atoms with E-state index in [-0.39, 0.29) is 35.3 Å². The quantitative estimate of drug-likeness (QED) is 0.152. The van der Waals surface area contributed by atoms with E-state index in [9.17, 15) is 19.7 Å². The number of para-hydroxylation sites is 1. The Labute approximate surface area is 231 Å². The molecule has 0 saturated heterocycles. The van der Waals surface area contributed by atoms with Crippen molar-refractivity contribution >= 4 is 39.7 Å². The third-order valence-corrected chi connectivity index (χ3v) is 5.95. The number of carbonyl (C=O) groups is 1. The number of hydrogen-bond donors (Lipinski definition) is 1. The maximum Gasteiger partial charge on any atom is 0.315 e. The van der Waals surface area contributed by atoms with E-state index in [1.54, 1.807) is 55.5 Å². The van der Waals surface area contributed by atoms with Crippen molar-refractivity contribution in [3.8, 4) is 28.8 Å². The summed E-state index contributed by atoms with van der Waals surface area (Å²) in [5, 5.41) is 17.2. The smallest absolute Gasteiger partial charge is 0.315 e. The molecular weight excluding hydrogens is 534 g/mol. The predicted octanol–water partition coefficient (Wildman–Crippen LogP) is 3.87. The Kier molecular flexibility index (Phi) is 7.33. The topological polar surface area (TPSA) is 174 Å². The first-order chi connectivity index (χ1) is 19.8. The van der Waals surface area contributed by atoms with Crippen LogP contribution in [0, 0.1) is 10.1 Å². The Morgan fingerprint density at radius 3 is 2.66 bits per heavy atom. The van der Waals surface area contributed by atoms with Crippen LogP contribution < -0.4 is 25.5 Å². The second-order valence-electron chi connectivity index (χ2n) is 8.61. The van der Waals surface area contributed by atoms with Gasteiger partial charge in [-0.05, 0) is 43.3 Å². The molecule has 13 heteroatoms. The molecule has 41 heavy (non-hydrogen) atoms. The van der Waals surface area contributed by atoms with E-state index in [0.717, 1.165) is 4.68 Å². The highest BCUT2D eigenvalue weighted by Crippen LogP contribution is 2.38. The van der Waals surface area contributed by atoms with Gasteiger partial charge in [0.2, 0.25) is 11.6 Å². The predicted molar refractivity (Wildman–Crippen MR) is 150 cm³/mol. The van der Waals surface area contributed by atoms with Crippen molar-refractivity contribution in [2.24, 2.45) is 10.8 Å². The van der Waals surface area contributed by atoms with Crippen molar-refractivity contribution in [1.29, 1.82) is 0 Å². The first-order valence-electron chi connectivity index (χ1n) is 12.3. The van der Waals surface area contributed by atoms with Gasteiger partial charge in [0.05, 0.1) is 41.1 Å². The van der Waals surface area contributed by atoms with E-state index in [2.05, 4.69) is 10.1 Å². The number of nitrogens with zero attached hydrogens (tertiary/aromatic N) is 4. The summed E-state index contributed by atoms with van der Waals surface area (Å²) in [6.07, 6.45) is 1.25.